The molecule has 0 heterocycles. The van der Waals surface area contributed by atoms with Crippen molar-refractivity contribution in [2.24, 2.45) is 5.92 Å². The van der Waals surface area contributed by atoms with Gasteiger partial charge in [0.1, 0.15) is 5.75 Å². The molecule has 0 fully saturated rings. The van der Waals surface area contributed by atoms with Gasteiger partial charge >= 0.3 is 0 Å². The second-order valence-corrected chi connectivity index (χ2v) is 8.41. The van der Waals surface area contributed by atoms with Crippen molar-refractivity contribution in [3.8, 4) is 28.0 Å². The number of para-hydroxylation sites is 1. The van der Waals surface area contributed by atoms with Gasteiger partial charge in [-0.25, -0.2) is 0 Å². The van der Waals surface area contributed by atoms with E-state index in [-0.39, 0.29) is 18.5 Å². The minimum Gasteiger partial charge on any atom is -0.496 e. The molecule has 3 aromatic rings. The maximum absolute atomic E-state index is 5.92. The summed E-state index contributed by atoms with van der Waals surface area (Å²) in [7, 11) is 7.84. The quantitative estimate of drug-likeness (QED) is 0.454. The summed E-state index contributed by atoms with van der Waals surface area (Å²) in [6.45, 7) is 1.06. The number of nitrogens with zero attached hydrogens (tertiary/aromatic N) is 1. The molecule has 4 rings (SSSR count). The van der Waals surface area contributed by atoms with Gasteiger partial charge in [0, 0.05) is 25.1 Å². The molecular formula is C27H32ClNO2. The molecule has 0 saturated heterocycles. The highest BCUT2D eigenvalue weighted by Crippen LogP contribution is 2.39. The molecule has 3 aromatic carbocycles. The van der Waals surface area contributed by atoms with Crippen LogP contribution in [0.15, 0.2) is 66.7 Å². The number of benzene rings is 3. The number of aryl methyl sites for hydroxylation is 1. The first kappa shape index (κ1) is 23.3. The van der Waals surface area contributed by atoms with Crippen molar-refractivity contribution in [1.29, 1.82) is 0 Å². The molecule has 0 bridgehead atoms. The van der Waals surface area contributed by atoms with E-state index >= 15 is 0 Å². The zero-order valence-electron chi connectivity index (χ0n) is 18.8. The summed E-state index contributed by atoms with van der Waals surface area (Å²) in [6, 6.07) is 23.8. The predicted octanol–water partition coefficient (Wildman–Crippen LogP) is 6.26. The smallest absolute Gasteiger partial charge is 0.126 e. The Morgan fingerprint density at radius 2 is 1.55 bits per heavy atom. The van der Waals surface area contributed by atoms with Gasteiger partial charge in [-0.1, -0.05) is 60.7 Å². The lowest BCUT2D eigenvalue weighted by Gasteiger charge is -2.34. The highest BCUT2D eigenvalue weighted by Gasteiger charge is 2.30. The van der Waals surface area contributed by atoms with Gasteiger partial charge in [0.15, 0.2) is 0 Å². The Kier molecular flexibility index (Phi) is 7.77. The van der Waals surface area contributed by atoms with Crippen molar-refractivity contribution in [2.45, 2.75) is 18.9 Å². The Hall–Kier alpha value is -2.33. The Balaban J connectivity index is 0.00000272. The lowest BCUT2D eigenvalue weighted by atomic mass is 9.80. The van der Waals surface area contributed by atoms with Gasteiger partial charge in [-0.15, -0.1) is 12.4 Å². The van der Waals surface area contributed by atoms with E-state index < -0.39 is 0 Å². The van der Waals surface area contributed by atoms with Gasteiger partial charge < -0.3 is 14.4 Å². The summed E-state index contributed by atoms with van der Waals surface area (Å²) in [5, 5.41) is 0. The van der Waals surface area contributed by atoms with Crippen LogP contribution in [0.1, 0.15) is 23.7 Å². The summed E-state index contributed by atoms with van der Waals surface area (Å²) < 4.78 is 11.4. The SMILES string of the molecule is COc1ccccc1-c1ccc(-c2ccc3c(c2)CCC(CN(C)C)C3OC)cc1.Cl. The number of hydrogen-bond donors (Lipinski definition) is 0. The monoisotopic (exact) mass is 437 g/mol. The maximum Gasteiger partial charge on any atom is 0.126 e. The van der Waals surface area contributed by atoms with Crippen LogP contribution in [-0.4, -0.2) is 39.8 Å². The summed E-state index contributed by atoms with van der Waals surface area (Å²) in [5.74, 6) is 1.44. The fraction of sp³-hybridized carbons (Fsp3) is 0.333. The molecule has 0 aliphatic heterocycles. The van der Waals surface area contributed by atoms with E-state index in [1.165, 1.54) is 34.2 Å². The van der Waals surface area contributed by atoms with Crippen LogP contribution in [0, 0.1) is 5.92 Å². The molecule has 31 heavy (non-hydrogen) atoms. The van der Waals surface area contributed by atoms with Crippen LogP contribution in [-0.2, 0) is 11.2 Å². The average molecular weight is 438 g/mol. The van der Waals surface area contributed by atoms with Crippen LogP contribution in [0.4, 0.5) is 0 Å². The minimum absolute atomic E-state index is 0. The number of ether oxygens (including phenoxy) is 2. The molecule has 2 unspecified atom stereocenters. The molecule has 0 radical (unpaired) electrons. The van der Waals surface area contributed by atoms with Crippen LogP contribution in [0.3, 0.4) is 0 Å². The van der Waals surface area contributed by atoms with Crippen molar-refractivity contribution >= 4 is 12.4 Å². The third-order valence-corrected chi connectivity index (χ3v) is 6.15. The summed E-state index contributed by atoms with van der Waals surface area (Å²) in [4.78, 5) is 2.26. The first-order valence-corrected chi connectivity index (χ1v) is 10.6. The molecular weight excluding hydrogens is 406 g/mol. The van der Waals surface area contributed by atoms with Gasteiger partial charge in [-0.05, 0) is 60.8 Å². The van der Waals surface area contributed by atoms with Gasteiger partial charge in [-0.3, -0.25) is 0 Å². The molecule has 4 heteroatoms. The fourth-order valence-corrected chi connectivity index (χ4v) is 4.73. The van der Waals surface area contributed by atoms with E-state index in [2.05, 4.69) is 67.5 Å². The molecule has 2 atom stereocenters. The molecule has 1 aliphatic carbocycles. The minimum atomic E-state index is 0. The highest BCUT2D eigenvalue weighted by molar-refractivity contribution is 5.85. The van der Waals surface area contributed by atoms with E-state index in [0.29, 0.717) is 5.92 Å². The normalized spacial score (nSPS) is 17.7. The molecule has 0 aromatic heterocycles. The summed E-state index contributed by atoms with van der Waals surface area (Å²) >= 11 is 0. The summed E-state index contributed by atoms with van der Waals surface area (Å²) in [5.41, 5.74) is 7.56. The van der Waals surface area contributed by atoms with E-state index in [1.54, 1.807) is 7.11 Å². The molecule has 1 aliphatic rings. The second kappa shape index (κ2) is 10.3. The molecule has 0 N–H and O–H groups in total. The number of hydrogen-bond acceptors (Lipinski definition) is 3. The largest absolute Gasteiger partial charge is 0.496 e. The predicted molar refractivity (Wildman–Crippen MR) is 131 cm³/mol. The standard InChI is InChI=1S/C27H31NO2.ClH/c1-28(2)18-23-14-13-22-17-21(15-16-25(22)27(23)30-4)19-9-11-20(12-10-19)24-7-5-6-8-26(24)29-3;/h5-12,15-17,23,27H,13-14,18H2,1-4H3;1H. The number of rotatable bonds is 6. The number of halogens is 1. The zero-order valence-corrected chi connectivity index (χ0v) is 19.6. The average Bonchev–Trinajstić information content (AvgIpc) is 2.78. The molecule has 0 amide bonds. The van der Waals surface area contributed by atoms with Crippen LogP contribution >= 0.6 is 12.4 Å². The number of fused-ring (bicyclic) bond motifs is 1. The molecule has 164 valence electrons. The number of methoxy groups -OCH3 is 2. The zero-order chi connectivity index (χ0) is 21.1. The first-order chi connectivity index (χ1) is 14.6. The van der Waals surface area contributed by atoms with Crippen molar-refractivity contribution in [3.05, 3.63) is 77.9 Å². The van der Waals surface area contributed by atoms with Gasteiger partial charge in [-0.2, -0.15) is 0 Å². The van der Waals surface area contributed by atoms with Gasteiger partial charge in [0.05, 0.1) is 13.2 Å². The van der Waals surface area contributed by atoms with Gasteiger partial charge in [0.2, 0.25) is 0 Å². The lowest BCUT2D eigenvalue weighted by Crippen LogP contribution is -2.31. The first-order valence-electron chi connectivity index (χ1n) is 10.6. The Labute approximate surface area is 192 Å². The lowest BCUT2D eigenvalue weighted by molar-refractivity contribution is 0.0299. The molecule has 0 spiro atoms. The third kappa shape index (κ3) is 4.95. The Morgan fingerprint density at radius 3 is 2.23 bits per heavy atom. The fourth-order valence-electron chi connectivity index (χ4n) is 4.73. The van der Waals surface area contributed by atoms with Crippen molar-refractivity contribution in [3.63, 3.8) is 0 Å². The highest BCUT2D eigenvalue weighted by atomic mass is 35.5. The van der Waals surface area contributed by atoms with Crippen LogP contribution < -0.4 is 4.74 Å². The van der Waals surface area contributed by atoms with E-state index in [9.17, 15) is 0 Å². The topological polar surface area (TPSA) is 21.7 Å². The van der Waals surface area contributed by atoms with E-state index in [4.69, 9.17) is 9.47 Å². The maximum atomic E-state index is 5.92. The van der Waals surface area contributed by atoms with E-state index in [1.807, 2.05) is 25.3 Å². The van der Waals surface area contributed by atoms with Gasteiger partial charge in [0.25, 0.3) is 0 Å². The van der Waals surface area contributed by atoms with E-state index in [0.717, 1.165) is 24.3 Å². The van der Waals surface area contributed by atoms with Crippen LogP contribution in [0.5, 0.6) is 5.75 Å². The Bertz CT molecular complexity index is 1000. The van der Waals surface area contributed by atoms with Crippen LogP contribution in [0.2, 0.25) is 0 Å². The second-order valence-electron chi connectivity index (χ2n) is 8.41. The van der Waals surface area contributed by atoms with Crippen molar-refractivity contribution < 1.29 is 9.47 Å². The van der Waals surface area contributed by atoms with Crippen LogP contribution in [0.25, 0.3) is 22.3 Å². The summed E-state index contributed by atoms with van der Waals surface area (Å²) in [6.07, 6.45) is 2.46. The van der Waals surface area contributed by atoms with Crippen molar-refractivity contribution in [2.75, 3.05) is 34.9 Å². The molecule has 0 saturated carbocycles. The van der Waals surface area contributed by atoms with Crippen molar-refractivity contribution in [1.82, 2.24) is 4.90 Å². The third-order valence-electron chi connectivity index (χ3n) is 6.15. The Morgan fingerprint density at radius 1 is 0.871 bits per heavy atom. The molecule has 3 nitrogen and oxygen atoms in total.